The third kappa shape index (κ3) is 1.78. The van der Waals surface area contributed by atoms with Crippen LogP contribution in [0.2, 0.25) is 0 Å². The molecule has 2 aliphatic rings. The fourth-order valence-electron chi connectivity index (χ4n) is 2.94. The average Bonchev–Trinajstić information content (AvgIpc) is 2.72. The molecule has 2 heteroatoms. The maximum Gasteiger partial charge on any atom is 0.0343 e. The highest BCUT2D eigenvalue weighted by Crippen LogP contribution is 2.38. The van der Waals surface area contributed by atoms with Crippen molar-refractivity contribution >= 4 is 5.57 Å². The first-order valence-electron chi connectivity index (χ1n) is 6.16. The topological polar surface area (TPSA) is 24.9 Å². The standard InChI is InChI=1S/C14H18N2/c1-10-4-13(9-16-7-10)12-5-11-2-3-15-8-14(11)6-12/h4-5,7,9,11,14-15H,2-3,6,8H2,1H3. The molecule has 1 aromatic rings. The largest absolute Gasteiger partial charge is 0.316 e. The van der Waals surface area contributed by atoms with Gasteiger partial charge in [0.15, 0.2) is 0 Å². The van der Waals surface area contributed by atoms with E-state index in [4.69, 9.17) is 0 Å². The summed E-state index contributed by atoms with van der Waals surface area (Å²) in [5.74, 6) is 1.63. The zero-order valence-electron chi connectivity index (χ0n) is 9.74. The van der Waals surface area contributed by atoms with E-state index >= 15 is 0 Å². The third-order valence-corrected chi connectivity index (χ3v) is 3.81. The molecule has 1 aliphatic carbocycles. The van der Waals surface area contributed by atoms with Crippen LogP contribution in [0, 0.1) is 18.8 Å². The first kappa shape index (κ1) is 10.0. The molecule has 0 spiro atoms. The molecule has 0 amide bonds. The monoisotopic (exact) mass is 214 g/mol. The Morgan fingerprint density at radius 3 is 3.12 bits per heavy atom. The van der Waals surface area contributed by atoms with Crippen LogP contribution >= 0.6 is 0 Å². The quantitative estimate of drug-likeness (QED) is 0.776. The summed E-state index contributed by atoms with van der Waals surface area (Å²) in [6, 6.07) is 2.25. The van der Waals surface area contributed by atoms with Crippen LogP contribution in [-0.2, 0) is 0 Å². The predicted octanol–water partition coefficient (Wildman–Crippen LogP) is 2.40. The van der Waals surface area contributed by atoms with Gasteiger partial charge in [0.05, 0.1) is 0 Å². The number of fused-ring (bicyclic) bond motifs is 1. The molecule has 0 radical (unpaired) electrons. The Morgan fingerprint density at radius 2 is 2.31 bits per heavy atom. The van der Waals surface area contributed by atoms with E-state index in [1.807, 2.05) is 12.4 Å². The molecule has 16 heavy (non-hydrogen) atoms. The van der Waals surface area contributed by atoms with Crippen molar-refractivity contribution in [2.45, 2.75) is 19.8 Å². The number of allylic oxidation sites excluding steroid dienone is 2. The minimum atomic E-state index is 0.803. The zero-order valence-corrected chi connectivity index (χ0v) is 9.74. The van der Waals surface area contributed by atoms with Crippen LogP contribution in [0.3, 0.4) is 0 Å². The smallest absolute Gasteiger partial charge is 0.0343 e. The molecular weight excluding hydrogens is 196 g/mol. The Labute approximate surface area is 96.8 Å². The van der Waals surface area contributed by atoms with Crippen molar-refractivity contribution < 1.29 is 0 Å². The molecular formula is C14H18N2. The number of nitrogens with zero attached hydrogens (tertiary/aromatic N) is 1. The van der Waals surface area contributed by atoms with Gasteiger partial charge in [-0.05, 0) is 67.5 Å². The van der Waals surface area contributed by atoms with Crippen molar-refractivity contribution in [2.75, 3.05) is 13.1 Å². The summed E-state index contributed by atoms with van der Waals surface area (Å²) < 4.78 is 0. The summed E-state index contributed by atoms with van der Waals surface area (Å²) >= 11 is 0. The van der Waals surface area contributed by atoms with E-state index in [1.165, 1.54) is 42.6 Å². The van der Waals surface area contributed by atoms with Gasteiger partial charge in [-0.25, -0.2) is 0 Å². The lowest BCUT2D eigenvalue weighted by atomic mass is 9.89. The summed E-state index contributed by atoms with van der Waals surface area (Å²) in [6.45, 7) is 4.47. The van der Waals surface area contributed by atoms with E-state index in [1.54, 1.807) is 0 Å². The molecule has 0 bridgehead atoms. The molecule has 1 N–H and O–H groups in total. The maximum atomic E-state index is 4.29. The van der Waals surface area contributed by atoms with Crippen LogP contribution in [0.5, 0.6) is 0 Å². The Hall–Kier alpha value is -1.15. The van der Waals surface area contributed by atoms with Crippen molar-refractivity contribution in [2.24, 2.45) is 11.8 Å². The fourth-order valence-corrected chi connectivity index (χ4v) is 2.94. The molecule has 2 unspecified atom stereocenters. The number of rotatable bonds is 1. The molecule has 2 atom stereocenters. The van der Waals surface area contributed by atoms with E-state index in [-0.39, 0.29) is 0 Å². The average molecular weight is 214 g/mol. The van der Waals surface area contributed by atoms with Gasteiger partial charge in [0.1, 0.15) is 0 Å². The summed E-state index contributed by atoms with van der Waals surface area (Å²) in [4.78, 5) is 4.29. The fraction of sp³-hybridized carbons (Fsp3) is 0.500. The second-order valence-electron chi connectivity index (χ2n) is 5.06. The Kier molecular flexibility index (Phi) is 2.52. The van der Waals surface area contributed by atoms with Crippen LogP contribution in [0.15, 0.2) is 24.5 Å². The molecule has 0 saturated carbocycles. The third-order valence-electron chi connectivity index (χ3n) is 3.81. The van der Waals surface area contributed by atoms with Gasteiger partial charge >= 0.3 is 0 Å². The Bertz CT molecular complexity index is 422. The summed E-state index contributed by atoms with van der Waals surface area (Å²) in [6.07, 6.45) is 8.94. The van der Waals surface area contributed by atoms with Gasteiger partial charge in [-0.3, -0.25) is 4.98 Å². The molecule has 3 rings (SSSR count). The van der Waals surface area contributed by atoms with Crippen molar-refractivity contribution in [3.8, 4) is 0 Å². The van der Waals surface area contributed by atoms with Crippen molar-refractivity contribution in [3.63, 3.8) is 0 Å². The SMILES string of the molecule is Cc1cncc(C2=CC3CCNCC3C2)c1. The second-order valence-corrected chi connectivity index (χ2v) is 5.06. The molecule has 1 saturated heterocycles. The predicted molar refractivity (Wildman–Crippen MR) is 66.0 cm³/mol. The van der Waals surface area contributed by atoms with Gasteiger partial charge in [0.2, 0.25) is 0 Å². The van der Waals surface area contributed by atoms with E-state index in [0.717, 1.165) is 11.8 Å². The van der Waals surface area contributed by atoms with E-state index < -0.39 is 0 Å². The van der Waals surface area contributed by atoms with E-state index in [0.29, 0.717) is 0 Å². The Morgan fingerprint density at radius 1 is 1.38 bits per heavy atom. The molecule has 2 heterocycles. The number of nitrogens with one attached hydrogen (secondary N) is 1. The van der Waals surface area contributed by atoms with Gasteiger partial charge in [0.25, 0.3) is 0 Å². The molecule has 1 fully saturated rings. The van der Waals surface area contributed by atoms with E-state index in [2.05, 4.69) is 29.4 Å². The van der Waals surface area contributed by atoms with Crippen LogP contribution in [0.1, 0.15) is 24.0 Å². The molecule has 84 valence electrons. The lowest BCUT2D eigenvalue weighted by molar-refractivity contribution is 0.324. The summed E-state index contributed by atoms with van der Waals surface area (Å²) in [5.41, 5.74) is 4.09. The highest BCUT2D eigenvalue weighted by Gasteiger charge is 2.29. The molecule has 2 nitrogen and oxygen atoms in total. The first-order chi connectivity index (χ1) is 7.83. The highest BCUT2D eigenvalue weighted by atomic mass is 14.9. The number of piperidine rings is 1. The number of aryl methyl sites for hydroxylation is 1. The van der Waals surface area contributed by atoms with Crippen molar-refractivity contribution in [1.29, 1.82) is 0 Å². The summed E-state index contributed by atoms with van der Waals surface area (Å²) in [5, 5.41) is 3.49. The highest BCUT2D eigenvalue weighted by molar-refractivity contribution is 5.68. The lowest BCUT2D eigenvalue weighted by Crippen LogP contribution is -2.33. The second kappa shape index (κ2) is 4.02. The number of hydrogen-bond acceptors (Lipinski definition) is 2. The normalized spacial score (nSPS) is 28.7. The van der Waals surface area contributed by atoms with Gasteiger partial charge in [-0.1, -0.05) is 6.08 Å². The van der Waals surface area contributed by atoms with Gasteiger partial charge in [-0.2, -0.15) is 0 Å². The minimum absolute atomic E-state index is 0.803. The van der Waals surface area contributed by atoms with Gasteiger partial charge in [-0.15, -0.1) is 0 Å². The van der Waals surface area contributed by atoms with Crippen LogP contribution in [0.4, 0.5) is 0 Å². The number of hydrogen-bond donors (Lipinski definition) is 1. The first-order valence-corrected chi connectivity index (χ1v) is 6.16. The van der Waals surface area contributed by atoms with Gasteiger partial charge < -0.3 is 5.32 Å². The summed E-state index contributed by atoms with van der Waals surface area (Å²) in [7, 11) is 0. The molecule has 0 aromatic carbocycles. The Balaban J connectivity index is 1.86. The zero-order chi connectivity index (χ0) is 11.0. The number of aromatic nitrogens is 1. The maximum absolute atomic E-state index is 4.29. The van der Waals surface area contributed by atoms with E-state index in [9.17, 15) is 0 Å². The van der Waals surface area contributed by atoms with Crippen molar-refractivity contribution in [3.05, 3.63) is 35.7 Å². The molecule has 1 aliphatic heterocycles. The van der Waals surface area contributed by atoms with Crippen molar-refractivity contribution in [1.82, 2.24) is 10.3 Å². The number of pyridine rings is 1. The van der Waals surface area contributed by atoms with Crippen LogP contribution in [-0.4, -0.2) is 18.1 Å². The molecule has 1 aromatic heterocycles. The lowest BCUT2D eigenvalue weighted by Gasteiger charge is -2.25. The minimum Gasteiger partial charge on any atom is -0.316 e. The van der Waals surface area contributed by atoms with Crippen LogP contribution < -0.4 is 5.32 Å². The van der Waals surface area contributed by atoms with Gasteiger partial charge in [0, 0.05) is 12.4 Å². The van der Waals surface area contributed by atoms with Crippen LogP contribution in [0.25, 0.3) is 5.57 Å².